The van der Waals surface area contributed by atoms with Crippen LogP contribution in [0.4, 0.5) is 0 Å². The van der Waals surface area contributed by atoms with Crippen molar-refractivity contribution in [3.8, 4) is 0 Å². The summed E-state index contributed by atoms with van der Waals surface area (Å²) in [6.45, 7) is 6.69. The highest BCUT2D eigenvalue weighted by Gasteiger charge is 2.19. The molecule has 0 amide bonds. The van der Waals surface area contributed by atoms with Gasteiger partial charge in [0.1, 0.15) is 13.2 Å². The minimum Gasteiger partial charge on any atom is -0.462 e. The summed E-state index contributed by atoms with van der Waals surface area (Å²) in [5.41, 5.74) is 0. The molecular formula is C65H122O6. The fraction of sp³-hybridized carbons (Fsp3) is 0.892. The summed E-state index contributed by atoms with van der Waals surface area (Å²) in [7, 11) is 0. The summed E-state index contributed by atoms with van der Waals surface area (Å²) >= 11 is 0. The van der Waals surface area contributed by atoms with Gasteiger partial charge in [-0.3, -0.25) is 14.4 Å². The van der Waals surface area contributed by atoms with Gasteiger partial charge >= 0.3 is 17.9 Å². The average Bonchev–Trinajstić information content (AvgIpc) is 3.37. The third-order valence-corrected chi connectivity index (χ3v) is 14.4. The molecule has 0 aliphatic carbocycles. The number of rotatable bonds is 59. The van der Waals surface area contributed by atoms with Crippen LogP contribution in [0.3, 0.4) is 0 Å². The smallest absolute Gasteiger partial charge is 0.306 e. The van der Waals surface area contributed by atoms with Crippen LogP contribution < -0.4 is 0 Å². The van der Waals surface area contributed by atoms with E-state index < -0.39 is 6.10 Å². The highest BCUT2D eigenvalue weighted by molar-refractivity contribution is 5.71. The lowest BCUT2D eigenvalue weighted by Gasteiger charge is -2.18. The van der Waals surface area contributed by atoms with Crippen LogP contribution in [-0.4, -0.2) is 37.2 Å². The first-order valence-corrected chi connectivity index (χ1v) is 31.8. The van der Waals surface area contributed by atoms with Gasteiger partial charge in [0.2, 0.25) is 0 Å². The first kappa shape index (κ1) is 68.9. The molecule has 0 radical (unpaired) electrons. The highest BCUT2D eigenvalue weighted by atomic mass is 16.6. The minimum absolute atomic E-state index is 0.0679. The van der Waals surface area contributed by atoms with Crippen molar-refractivity contribution in [3.63, 3.8) is 0 Å². The van der Waals surface area contributed by atoms with Crippen molar-refractivity contribution in [2.45, 2.75) is 361 Å². The van der Waals surface area contributed by atoms with E-state index in [0.29, 0.717) is 19.3 Å². The topological polar surface area (TPSA) is 78.9 Å². The molecule has 71 heavy (non-hydrogen) atoms. The maximum absolute atomic E-state index is 12.9. The molecule has 0 aliphatic heterocycles. The Hall–Kier alpha value is -2.11. The number of allylic oxidation sites excluding steroid dienone is 4. The first-order chi connectivity index (χ1) is 35.0. The summed E-state index contributed by atoms with van der Waals surface area (Å²) in [4.78, 5) is 38.3. The van der Waals surface area contributed by atoms with Crippen molar-refractivity contribution < 1.29 is 28.6 Å². The Bertz CT molecular complexity index is 1150. The third kappa shape index (κ3) is 58.7. The lowest BCUT2D eigenvalue weighted by molar-refractivity contribution is -0.167. The van der Waals surface area contributed by atoms with Gasteiger partial charge in [-0.25, -0.2) is 0 Å². The number of carbonyl (C=O) groups is 3. The van der Waals surface area contributed by atoms with E-state index in [4.69, 9.17) is 14.2 Å². The summed E-state index contributed by atoms with van der Waals surface area (Å²) < 4.78 is 16.9. The number of unbranched alkanes of at least 4 members (excludes halogenated alkanes) is 44. The molecular weight excluding hydrogens is 877 g/mol. The van der Waals surface area contributed by atoms with E-state index in [2.05, 4.69) is 45.1 Å². The van der Waals surface area contributed by atoms with E-state index in [-0.39, 0.29) is 31.1 Å². The second kappa shape index (κ2) is 60.4. The molecule has 0 bridgehead atoms. The van der Waals surface area contributed by atoms with E-state index in [9.17, 15) is 14.4 Å². The zero-order valence-corrected chi connectivity index (χ0v) is 48.0. The molecule has 0 unspecified atom stereocenters. The van der Waals surface area contributed by atoms with Crippen LogP contribution in [0.1, 0.15) is 355 Å². The van der Waals surface area contributed by atoms with Crippen molar-refractivity contribution in [1.82, 2.24) is 0 Å². The molecule has 0 aromatic carbocycles. The van der Waals surface area contributed by atoms with Crippen LogP contribution in [0, 0.1) is 0 Å². The van der Waals surface area contributed by atoms with Crippen LogP contribution in [0.2, 0.25) is 0 Å². The predicted octanol–water partition coefficient (Wildman–Crippen LogP) is 21.4. The maximum Gasteiger partial charge on any atom is 0.306 e. The fourth-order valence-corrected chi connectivity index (χ4v) is 9.61. The standard InChI is InChI=1S/C65H122O6/c1-4-7-10-13-16-19-22-25-28-30-31-32-33-35-38-40-43-46-49-52-55-58-64(67)70-61-62(71-65(68)59-56-53-50-47-44-41-36-27-24-21-18-15-12-9-6-3)60-69-63(66)57-54-51-48-45-42-39-37-34-29-26-23-20-17-14-11-8-5-2/h21,24-25,28,62H,4-20,22-23,26-27,29-61H2,1-3H3/b24-21-,28-25-/t62-/m0/s1. The van der Waals surface area contributed by atoms with Crippen LogP contribution in [0.15, 0.2) is 24.3 Å². The van der Waals surface area contributed by atoms with Crippen molar-refractivity contribution >= 4 is 17.9 Å². The summed E-state index contributed by atoms with van der Waals surface area (Å²) in [6, 6.07) is 0. The van der Waals surface area contributed by atoms with Crippen molar-refractivity contribution in [2.75, 3.05) is 13.2 Å². The molecule has 0 fully saturated rings. The summed E-state index contributed by atoms with van der Waals surface area (Å²) in [5, 5.41) is 0. The van der Waals surface area contributed by atoms with Gasteiger partial charge in [-0.1, -0.05) is 289 Å². The normalized spacial score (nSPS) is 12.1. The Morgan fingerprint density at radius 2 is 0.465 bits per heavy atom. The zero-order valence-electron chi connectivity index (χ0n) is 48.0. The zero-order chi connectivity index (χ0) is 51.4. The van der Waals surface area contributed by atoms with Gasteiger partial charge in [0.15, 0.2) is 6.10 Å². The monoisotopic (exact) mass is 999 g/mol. The molecule has 0 aromatic rings. The van der Waals surface area contributed by atoms with E-state index in [1.54, 1.807) is 0 Å². The van der Waals surface area contributed by atoms with E-state index in [1.165, 1.54) is 257 Å². The molecule has 6 nitrogen and oxygen atoms in total. The van der Waals surface area contributed by atoms with Crippen molar-refractivity contribution in [1.29, 1.82) is 0 Å². The molecule has 1 atom stereocenters. The number of carbonyl (C=O) groups excluding carboxylic acids is 3. The Morgan fingerprint density at radius 1 is 0.268 bits per heavy atom. The molecule has 0 spiro atoms. The molecule has 0 N–H and O–H groups in total. The quantitative estimate of drug-likeness (QED) is 0.0261. The lowest BCUT2D eigenvalue weighted by Crippen LogP contribution is -2.30. The molecule has 0 aromatic heterocycles. The predicted molar refractivity (Wildman–Crippen MR) is 307 cm³/mol. The van der Waals surface area contributed by atoms with Gasteiger partial charge in [0, 0.05) is 19.3 Å². The number of ether oxygens (including phenoxy) is 3. The van der Waals surface area contributed by atoms with Gasteiger partial charge in [-0.15, -0.1) is 0 Å². The molecule has 0 saturated carbocycles. The van der Waals surface area contributed by atoms with Crippen molar-refractivity contribution in [3.05, 3.63) is 24.3 Å². The SMILES string of the molecule is CCCCCC/C=C\CCCCCCCCCC(=O)O[C@H](COC(=O)CCCCCCCCCCCCC/C=C\CCCCCCCC)COC(=O)CCCCCCCCCCCCCCCCCCC. The van der Waals surface area contributed by atoms with Gasteiger partial charge in [0.05, 0.1) is 0 Å². The minimum atomic E-state index is -0.770. The molecule has 0 saturated heterocycles. The number of esters is 3. The Kier molecular flexibility index (Phi) is 58.6. The molecule has 418 valence electrons. The fourth-order valence-electron chi connectivity index (χ4n) is 9.61. The van der Waals surface area contributed by atoms with Crippen LogP contribution in [0.5, 0.6) is 0 Å². The average molecular weight is 1000 g/mol. The molecule has 0 rings (SSSR count). The first-order valence-electron chi connectivity index (χ1n) is 31.8. The number of hydrogen-bond donors (Lipinski definition) is 0. The summed E-state index contributed by atoms with van der Waals surface area (Å²) in [5.74, 6) is -0.847. The Balaban J connectivity index is 4.29. The summed E-state index contributed by atoms with van der Waals surface area (Å²) in [6.07, 6.45) is 71.8. The van der Waals surface area contributed by atoms with Crippen LogP contribution in [-0.2, 0) is 28.6 Å². The largest absolute Gasteiger partial charge is 0.462 e. The van der Waals surface area contributed by atoms with Crippen LogP contribution >= 0.6 is 0 Å². The van der Waals surface area contributed by atoms with E-state index in [1.807, 2.05) is 0 Å². The molecule has 0 heterocycles. The van der Waals surface area contributed by atoms with Gasteiger partial charge in [-0.05, 0) is 70.6 Å². The second-order valence-corrected chi connectivity index (χ2v) is 21.7. The van der Waals surface area contributed by atoms with Gasteiger partial charge in [-0.2, -0.15) is 0 Å². The van der Waals surface area contributed by atoms with Crippen LogP contribution in [0.25, 0.3) is 0 Å². The molecule has 0 aliphatic rings. The van der Waals surface area contributed by atoms with E-state index in [0.717, 1.165) is 57.8 Å². The lowest BCUT2D eigenvalue weighted by atomic mass is 10.0. The van der Waals surface area contributed by atoms with Gasteiger partial charge < -0.3 is 14.2 Å². The van der Waals surface area contributed by atoms with Gasteiger partial charge in [0.25, 0.3) is 0 Å². The highest BCUT2D eigenvalue weighted by Crippen LogP contribution is 2.17. The van der Waals surface area contributed by atoms with E-state index >= 15 is 0 Å². The Labute approximate surface area is 443 Å². The third-order valence-electron chi connectivity index (χ3n) is 14.4. The maximum atomic E-state index is 12.9. The Morgan fingerprint density at radius 3 is 0.718 bits per heavy atom. The number of hydrogen-bond acceptors (Lipinski definition) is 6. The van der Waals surface area contributed by atoms with Crippen molar-refractivity contribution in [2.24, 2.45) is 0 Å². The molecule has 6 heteroatoms. The second-order valence-electron chi connectivity index (χ2n) is 21.7.